The predicted octanol–water partition coefficient (Wildman–Crippen LogP) is 3.43. The standard InChI is InChI=1S/C16H16N4/c1-3-18-16-8-15(19-11(2)20-16)14-10-17-9-12-6-4-5-7-13(12)14/h4-10H,3H2,1-2H3,(H,18,19,20). The molecule has 0 saturated heterocycles. The fourth-order valence-corrected chi connectivity index (χ4v) is 2.30. The van der Waals surface area contributed by atoms with Gasteiger partial charge in [-0.25, -0.2) is 9.97 Å². The van der Waals surface area contributed by atoms with Gasteiger partial charge in [0.05, 0.1) is 5.69 Å². The van der Waals surface area contributed by atoms with Gasteiger partial charge in [-0.1, -0.05) is 24.3 Å². The SMILES string of the molecule is CCNc1cc(-c2cncc3ccccc23)nc(C)n1. The van der Waals surface area contributed by atoms with Crippen LogP contribution in [0.3, 0.4) is 0 Å². The largest absolute Gasteiger partial charge is 0.370 e. The molecule has 4 nitrogen and oxygen atoms in total. The van der Waals surface area contributed by atoms with Gasteiger partial charge in [0.1, 0.15) is 11.6 Å². The minimum absolute atomic E-state index is 0.756. The molecule has 0 amide bonds. The van der Waals surface area contributed by atoms with Gasteiger partial charge < -0.3 is 5.32 Å². The molecule has 2 heterocycles. The quantitative estimate of drug-likeness (QED) is 0.787. The van der Waals surface area contributed by atoms with Crippen molar-refractivity contribution in [2.24, 2.45) is 0 Å². The van der Waals surface area contributed by atoms with E-state index in [-0.39, 0.29) is 0 Å². The van der Waals surface area contributed by atoms with Crippen molar-refractivity contribution in [2.75, 3.05) is 11.9 Å². The molecule has 3 aromatic rings. The Labute approximate surface area is 117 Å². The van der Waals surface area contributed by atoms with Gasteiger partial charge in [-0.15, -0.1) is 0 Å². The zero-order chi connectivity index (χ0) is 13.9. The summed E-state index contributed by atoms with van der Waals surface area (Å²) in [5.41, 5.74) is 1.94. The smallest absolute Gasteiger partial charge is 0.130 e. The zero-order valence-corrected chi connectivity index (χ0v) is 11.6. The summed E-state index contributed by atoms with van der Waals surface area (Å²) in [5, 5.41) is 5.51. The third kappa shape index (κ3) is 2.32. The van der Waals surface area contributed by atoms with Crippen LogP contribution in [0.5, 0.6) is 0 Å². The van der Waals surface area contributed by atoms with Crippen LogP contribution in [0.4, 0.5) is 5.82 Å². The van der Waals surface area contributed by atoms with Crippen LogP contribution in [0.15, 0.2) is 42.7 Å². The van der Waals surface area contributed by atoms with E-state index in [4.69, 9.17) is 0 Å². The molecule has 1 N–H and O–H groups in total. The van der Waals surface area contributed by atoms with E-state index >= 15 is 0 Å². The number of hydrogen-bond acceptors (Lipinski definition) is 4. The first-order valence-electron chi connectivity index (χ1n) is 6.70. The van der Waals surface area contributed by atoms with E-state index < -0.39 is 0 Å². The van der Waals surface area contributed by atoms with Gasteiger partial charge in [-0.3, -0.25) is 4.98 Å². The molecule has 3 rings (SSSR count). The molecule has 0 fully saturated rings. The number of rotatable bonds is 3. The molecule has 0 bridgehead atoms. The number of aryl methyl sites for hydroxylation is 1. The van der Waals surface area contributed by atoms with Crippen molar-refractivity contribution < 1.29 is 0 Å². The van der Waals surface area contributed by atoms with Crippen molar-refractivity contribution in [3.8, 4) is 11.3 Å². The number of benzene rings is 1. The Hall–Kier alpha value is -2.49. The fourth-order valence-electron chi connectivity index (χ4n) is 2.30. The van der Waals surface area contributed by atoms with Crippen LogP contribution in [0.25, 0.3) is 22.0 Å². The first kappa shape index (κ1) is 12.5. The number of fused-ring (bicyclic) bond motifs is 1. The van der Waals surface area contributed by atoms with Gasteiger partial charge in [0, 0.05) is 36.0 Å². The number of nitrogens with zero attached hydrogens (tertiary/aromatic N) is 3. The molecule has 0 radical (unpaired) electrons. The van der Waals surface area contributed by atoms with Crippen LogP contribution in [0.2, 0.25) is 0 Å². The van der Waals surface area contributed by atoms with Gasteiger partial charge >= 0.3 is 0 Å². The van der Waals surface area contributed by atoms with E-state index in [9.17, 15) is 0 Å². The highest BCUT2D eigenvalue weighted by atomic mass is 15.0. The molecule has 100 valence electrons. The Kier molecular flexibility index (Phi) is 3.29. The van der Waals surface area contributed by atoms with E-state index in [2.05, 4.69) is 39.3 Å². The van der Waals surface area contributed by atoms with Crippen molar-refractivity contribution in [3.63, 3.8) is 0 Å². The Morgan fingerprint density at radius 1 is 1.10 bits per heavy atom. The molecule has 0 atom stereocenters. The topological polar surface area (TPSA) is 50.7 Å². The van der Waals surface area contributed by atoms with Crippen LogP contribution >= 0.6 is 0 Å². The molecule has 0 aliphatic heterocycles. The Morgan fingerprint density at radius 3 is 2.80 bits per heavy atom. The van der Waals surface area contributed by atoms with Crippen molar-refractivity contribution in [1.29, 1.82) is 0 Å². The van der Waals surface area contributed by atoms with Crippen LogP contribution in [0.1, 0.15) is 12.7 Å². The monoisotopic (exact) mass is 264 g/mol. The summed E-state index contributed by atoms with van der Waals surface area (Å²) in [5.74, 6) is 1.61. The third-order valence-electron chi connectivity index (χ3n) is 3.14. The summed E-state index contributed by atoms with van der Waals surface area (Å²) in [4.78, 5) is 13.2. The minimum Gasteiger partial charge on any atom is -0.370 e. The summed E-state index contributed by atoms with van der Waals surface area (Å²) < 4.78 is 0. The van der Waals surface area contributed by atoms with Gasteiger partial charge in [0.25, 0.3) is 0 Å². The molecule has 2 aromatic heterocycles. The first-order valence-corrected chi connectivity index (χ1v) is 6.70. The molecule has 4 heteroatoms. The number of pyridine rings is 1. The number of aromatic nitrogens is 3. The lowest BCUT2D eigenvalue weighted by Gasteiger charge is -2.09. The maximum absolute atomic E-state index is 4.55. The lowest BCUT2D eigenvalue weighted by atomic mass is 10.1. The van der Waals surface area contributed by atoms with Crippen molar-refractivity contribution in [3.05, 3.63) is 48.5 Å². The molecule has 20 heavy (non-hydrogen) atoms. The number of anilines is 1. The minimum atomic E-state index is 0.756. The van der Waals surface area contributed by atoms with Crippen molar-refractivity contribution in [2.45, 2.75) is 13.8 Å². The van der Waals surface area contributed by atoms with Crippen molar-refractivity contribution in [1.82, 2.24) is 15.0 Å². The molecule has 0 aliphatic carbocycles. The second-order valence-electron chi connectivity index (χ2n) is 4.62. The highest BCUT2D eigenvalue weighted by Gasteiger charge is 2.08. The highest BCUT2D eigenvalue weighted by molar-refractivity contribution is 5.95. The van der Waals surface area contributed by atoms with E-state index in [0.29, 0.717) is 0 Å². The van der Waals surface area contributed by atoms with Gasteiger partial charge in [-0.2, -0.15) is 0 Å². The summed E-state index contributed by atoms with van der Waals surface area (Å²) >= 11 is 0. The average molecular weight is 264 g/mol. The summed E-state index contributed by atoms with van der Waals surface area (Å²) in [7, 11) is 0. The predicted molar refractivity (Wildman–Crippen MR) is 81.7 cm³/mol. The number of nitrogens with one attached hydrogen (secondary N) is 1. The number of hydrogen-bond donors (Lipinski definition) is 1. The maximum Gasteiger partial charge on any atom is 0.130 e. The van der Waals surface area contributed by atoms with E-state index in [1.165, 1.54) is 0 Å². The normalized spacial score (nSPS) is 10.7. The first-order chi connectivity index (χ1) is 9.78. The highest BCUT2D eigenvalue weighted by Crippen LogP contribution is 2.27. The fraction of sp³-hybridized carbons (Fsp3) is 0.188. The van der Waals surface area contributed by atoms with Crippen LogP contribution in [0, 0.1) is 6.92 Å². The summed E-state index contributed by atoms with van der Waals surface area (Å²) in [6, 6.07) is 10.2. The average Bonchev–Trinajstić information content (AvgIpc) is 2.46. The van der Waals surface area contributed by atoms with E-state index in [1.54, 1.807) is 0 Å². The van der Waals surface area contributed by atoms with Crippen molar-refractivity contribution >= 4 is 16.6 Å². The Balaban J connectivity index is 2.20. The van der Waals surface area contributed by atoms with Crippen LogP contribution < -0.4 is 5.32 Å². The second-order valence-corrected chi connectivity index (χ2v) is 4.62. The molecular weight excluding hydrogens is 248 g/mol. The summed E-state index contributed by atoms with van der Waals surface area (Å²) in [6.07, 6.45) is 3.73. The lowest BCUT2D eigenvalue weighted by Crippen LogP contribution is -2.02. The second kappa shape index (κ2) is 5.25. The zero-order valence-electron chi connectivity index (χ0n) is 11.6. The van der Waals surface area contributed by atoms with E-state index in [0.717, 1.165) is 40.2 Å². The molecule has 0 unspecified atom stereocenters. The Bertz CT molecular complexity index is 747. The van der Waals surface area contributed by atoms with Gasteiger partial charge in [0.15, 0.2) is 0 Å². The summed E-state index contributed by atoms with van der Waals surface area (Å²) in [6.45, 7) is 4.79. The maximum atomic E-state index is 4.55. The van der Waals surface area contributed by atoms with Crippen LogP contribution in [-0.4, -0.2) is 21.5 Å². The molecule has 0 spiro atoms. The molecule has 1 aromatic carbocycles. The molecular formula is C16H16N4. The van der Waals surface area contributed by atoms with Gasteiger partial charge in [0.2, 0.25) is 0 Å². The van der Waals surface area contributed by atoms with E-state index in [1.807, 2.05) is 37.5 Å². The Morgan fingerprint density at radius 2 is 1.95 bits per heavy atom. The van der Waals surface area contributed by atoms with Gasteiger partial charge in [-0.05, 0) is 19.2 Å². The molecule has 0 aliphatic rings. The van der Waals surface area contributed by atoms with Crippen LogP contribution in [-0.2, 0) is 0 Å². The third-order valence-corrected chi connectivity index (χ3v) is 3.14. The lowest BCUT2D eigenvalue weighted by molar-refractivity contribution is 1.04. The molecule has 0 saturated carbocycles.